The summed E-state index contributed by atoms with van der Waals surface area (Å²) < 4.78 is 2.58. The van der Waals surface area contributed by atoms with E-state index in [1.807, 2.05) is 24.1 Å². The highest BCUT2D eigenvalue weighted by molar-refractivity contribution is 9.10. The van der Waals surface area contributed by atoms with Gasteiger partial charge in [0.15, 0.2) is 0 Å². The van der Waals surface area contributed by atoms with Crippen molar-refractivity contribution in [3.05, 3.63) is 42.4 Å². The smallest absolute Gasteiger partial charge is 0.282 e. The van der Waals surface area contributed by atoms with Crippen molar-refractivity contribution >= 4 is 44.6 Å². The van der Waals surface area contributed by atoms with E-state index in [1.165, 1.54) is 16.0 Å². The lowest BCUT2D eigenvalue weighted by Gasteiger charge is -2.19. The van der Waals surface area contributed by atoms with Crippen molar-refractivity contribution in [3.8, 4) is 0 Å². The molecule has 0 bridgehead atoms. The molecular formula is C11H11BrClN3OS. The number of hydrogen-bond donors (Lipinski definition) is 0. The second kappa shape index (κ2) is 5.42. The molecule has 0 spiro atoms. The molecule has 2 rings (SSSR count). The van der Waals surface area contributed by atoms with Crippen molar-refractivity contribution in [2.24, 2.45) is 7.05 Å². The van der Waals surface area contributed by atoms with Gasteiger partial charge in [-0.25, -0.2) is 4.68 Å². The quantitative estimate of drug-likeness (QED) is 0.856. The summed E-state index contributed by atoms with van der Waals surface area (Å²) >= 11 is 10.7. The molecule has 0 saturated carbocycles. The first-order valence-electron chi connectivity index (χ1n) is 5.16. The number of aryl methyl sites for hydroxylation is 1. The van der Waals surface area contributed by atoms with Gasteiger partial charge in [-0.05, 0) is 28.1 Å². The highest BCUT2D eigenvalue weighted by atomic mass is 79.9. The van der Waals surface area contributed by atoms with Gasteiger partial charge >= 0.3 is 0 Å². The molecule has 2 aromatic heterocycles. The van der Waals surface area contributed by atoms with E-state index in [1.54, 1.807) is 13.2 Å². The minimum atomic E-state index is -0.149. The first-order valence-corrected chi connectivity index (χ1v) is 7.15. The number of nitrogens with zero attached hydrogens (tertiary/aromatic N) is 3. The Labute approximate surface area is 122 Å². The van der Waals surface area contributed by atoms with E-state index in [0.29, 0.717) is 11.0 Å². The molecule has 4 nitrogen and oxygen atoms in total. The molecule has 0 aliphatic carbocycles. The summed E-state index contributed by atoms with van der Waals surface area (Å²) in [5.74, 6) is 0. The van der Waals surface area contributed by atoms with Crippen molar-refractivity contribution in [3.63, 3.8) is 0 Å². The van der Waals surface area contributed by atoms with Gasteiger partial charge in [-0.15, -0.1) is 11.3 Å². The lowest BCUT2D eigenvalue weighted by molar-refractivity contribution is 0.698. The van der Waals surface area contributed by atoms with Crippen LogP contribution in [0.4, 0.5) is 5.69 Å². The van der Waals surface area contributed by atoms with Crippen molar-refractivity contribution in [1.82, 2.24) is 9.78 Å². The van der Waals surface area contributed by atoms with E-state index in [4.69, 9.17) is 11.6 Å². The average molecular weight is 349 g/mol. The summed E-state index contributed by atoms with van der Waals surface area (Å²) in [5.41, 5.74) is 0.617. The summed E-state index contributed by atoms with van der Waals surface area (Å²) in [7, 11) is 3.53. The van der Waals surface area contributed by atoms with Gasteiger partial charge in [-0.2, -0.15) is 5.10 Å². The van der Waals surface area contributed by atoms with Crippen LogP contribution in [0.25, 0.3) is 0 Å². The standard InChI is InChI=1S/C11H11BrClN3OS/c1-15(6-7-3-4-9(13)18-7)8-5-14-16(2)11(17)10(8)12/h3-5H,6H2,1-2H3. The molecule has 0 aromatic carbocycles. The van der Waals surface area contributed by atoms with Crippen molar-refractivity contribution < 1.29 is 0 Å². The Morgan fingerprint density at radius 2 is 2.28 bits per heavy atom. The van der Waals surface area contributed by atoms with Crippen LogP contribution in [0.3, 0.4) is 0 Å². The van der Waals surface area contributed by atoms with Gasteiger partial charge in [-0.3, -0.25) is 4.79 Å². The van der Waals surface area contributed by atoms with Gasteiger partial charge in [0, 0.05) is 19.0 Å². The number of rotatable bonds is 3. The summed E-state index contributed by atoms with van der Waals surface area (Å²) in [6, 6.07) is 3.85. The zero-order chi connectivity index (χ0) is 13.3. The highest BCUT2D eigenvalue weighted by Crippen LogP contribution is 2.26. The first kappa shape index (κ1) is 13.6. The van der Waals surface area contributed by atoms with Crippen LogP contribution in [0.5, 0.6) is 0 Å². The summed E-state index contributed by atoms with van der Waals surface area (Å²) in [4.78, 5) is 14.9. The second-order valence-electron chi connectivity index (χ2n) is 3.83. The minimum absolute atomic E-state index is 0.149. The fourth-order valence-electron chi connectivity index (χ4n) is 1.52. The van der Waals surface area contributed by atoms with Crippen LogP contribution >= 0.6 is 38.9 Å². The molecule has 0 fully saturated rings. The van der Waals surface area contributed by atoms with Crippen LogP contribution in [0.15, 0.2) is 27.6 Å². The monoisotopic (exact) mass is 347 g/mol. The SMILES string of the molecule is CN(Cc1ccc(Cl)s1)c1cnn(C)c(=O)c1Br. The molecular weight excluding hydrogens is 338 g/mol. The van der Waals surface area contributed by atoms with E-state index >= 15 is 0 Å². The number of thiophene rings is 1. The average Bonchev–Trinajstić information content (AvgIpc) is 2.71. The topological polar surface area (TPSA) is 38.1 Å². The van der Waals surface area contributed by atoms with Crippen LogP contribution in [0.1, 0.15) is 4.88 Å². The molecule has 0 radical (unpaired) electrons. The normalized spacial score (nSPS) is 10.7. The Hall–Kier alpha value is -0.850. The third-order valence-electron chi connectivity index (χ3n) is 2.49. The number of aromatic nitrogens is 2. The summed E-state index contributed by atoms with van der Waals surface area (Å²) in [5, 5.41) is 4.02. The Balaban J connectivity index is 2.26. The summed E-state index contributed by atoms with van der Waals surface area (Å²) in [6.45, 7) is 0.685. The van der Waals surface area contributed by atoms with Gasteiger partial charge in [0.05, 0.1) is 22.8 Å². The zero-order valence-electron chi connectivity index (χ0n) is 9.85. The molecule has 0 amide bonds. The van der Waals surface area contributed by atoms with E-state index in [0.717, 1.165) is 14.9 Å². The molecule has 0 saturated heterocycles. The largest absolute Gasteiger partial charge is 0.367 e. The maximum atomic E-state index is 11.8. The van der Waals surface area contributed by atoms with Gasteiger partial charge in [0.1, 0.15) is 4.47 Å². The van der Waals surface area contributed by atoms with Crippen LogP contribution in [-0.4, -0.2) is 16.8 Å². The Morgan fingerprint density at radius 1 is 1.56 bits per heavy atom. The third kappa shape index (κ3) is 2.76. The molecule has 0 aliphatic heterocycles. The maximum Gasteiger partial charge on any atom is 0.282 e. The van der Waals surface area contributed by atoms with Crippen LogP contribution in [0, 0.1) is 0 Å². The van der Waals surface area contributed by atoms with Gasteiger partial charge < -0.3 is 4.90 Å². The predicted octanol–water partition coefficient (Wildman–Crippen LogP) is 2.89. The van der Waals surface area contributed by atoms with Crippen molar-refractivity contribution in [2.75, 3.05) is 11.9 Å². The molecule has 0 N–H and O–H groups in total. The van der Waals surface area contributed by atoms with Gasteiger partial charge in [-0.1, -0.05) is 11.6 Å². The van der Waals surface area contributed by atoms with Crippen LogP contribution in [0.2, 0.25) is 4.34 Å². The van der Waals surface area contributed by atoms with E-state index < -0.39 is 0 Å². The van der Waals surface area contributed by atoms with Gasteiger partial charge in [0.25, 0.3) is 5.56 Å². The molecule has 2 heterocycles. The number of anilines is 1. The van der Waals surface area contributed by atoms with E-state index in [-0.39, 0.29) is 5.56 Å². The lowest BCUT2D eigenvalue weighted by atomic mass is 10.3. The predicted molar refractivity (Wildman–Crippen MR) is 78.6 cm³/mol. The van der Waals surface area contributed by atoms with Crippen molar-refractivity contribution in [1.29, 1.82) is 0 Å². The Bertz CT molecular complexity index is 625. The molecule has 18 heavy (non-hydrogen) atoms. The van der Waals surface area contributed by atoms with Crippen molar-refractivity contribution in [2.45, 2.75) is 6.54 Å². The first-order chi connectivity index (χ1) is 8.49. The minimum Gasteiger partial charge on any atom is -0.367 e. The maximum absolute atomic E-state index is 11.8. The molecule has 2 aromatic rings. The molecule has 0 aliphatic rings. The molecule has 96 valence electrons. The second-order valence-corrected chi connectivity index (χ2v) is 6.43. The fraction of sp³-hybridized carbons (Fsp3) is 0.273. The van der Waals surface area contributed by atoms with E-state index in [2.05, 4.69) is 21.0 Å². The highest BCUT2D eigenvalue weighted by Gasteiger charge is 2.12. The Morgan fingerprint density at radius 3 is 2.89 bits per heavy atom. The van der Waals surface area contributed by atoms with Gasteiger partial charge in [0.2, 0.25) is 0 Å². The third-order valence-corrected chi connectivity index (χ3v) is 4.45. The van der Waals surface area contributed by atoms with Crippen LogP contribution in [-0.2, 0) is 13.6 Å². The summed E-state index contributed by atoms with van der Waals surface area (Å²) in [6.07, 6.45) is 1.67. The molecule has 0 unspecified atom stereocenters. The Kier molecular flexibility index (Phi) is 4.09. The van der Waals surface area contributed by atoms with Crippen LogP contribution < -0.4 is 10.5 Å². The molecule has 0 atom stereocenters. The number of halogens is 2. The molecule has 7 heteroatoms. The number of hydrogen-bond acceptors (Lipinski definition) is 4. The lowest BCUT2D eigenvalue weighted by Crippen LogP contribution is -2.25. The van der Waals surface area contributed by atoms with E-state index in [9.17, 15) is 4.79 Å². The fourth-order valence-corrected chi connectivity index (χ4v) is 3.33. The zero-order valence-corrected chi connectivity index (χ0v) is 13.0.